The molecule has 1 aromatic heterocycles. The van der Waals surface area contributed by atoms with Gasteiger partial charge in [0.1, 0.15) is 0 Å². The summed E-state index contributed by atoms with van der Waals surface area (Å²) in [5.41, 5.74) is 1.19. The Morgan fingerprint density at radius 2 is 1.88 bits per heavy atom. The third-order valence-electron chi connectivity index (χ3n) is 3.07. The number of nitrogens with one attached hydrogen (secondary N) is 1. The second-order valence-electron chi connectivity index (χ2n) is 4.11. The summed E-state index contributed by atoms with van der Waals surface area (Å²) in [5.74, 6) is 0. The first-order chi connectivity index (χ1) is 7.43. The molecular weight excluding hydrogens is 255 g/mol. The molecule has 92 valence electrons. The van der Waals surface area contributed by atoms with Crippen molar-refractivity contribution in [2.45, 2.75) is 18.9 Å². The van der Waals surface area contributed by atoms with Crippen molar-refractivity contribution in [1.29, 1.82) is 0 Å². The van der Waals surface area contributed by atoms with Crippen LogP contribution in [0.25, 0.3) is 10.8 Å². The summed E-state index contributed by atoms with van der Waals surface area (Å²) in [5, 5.41) is 5.98. The van der Waals surface area contributed by atoms with Crippen molar-refractivity contribution in [1.82, 2.24) is 10.3 Å². The van der Waals surface area contributed by atoms with E-state index in [2.05, 4.69) is 40.6 Å². The van der Waals surface area contributed by atoms with Gasteiger partial charge in [-0.05, 0) is 30.8 Å². The molecule has 2 aromatic rings. The number of halogens is 2. The second-order valence-corrected chi connectivity index (χ2v) is 4.11. The Hall–Kier alpha value is -0.830. The van der Waals surface area contributed by atoms with Crippen molar-refractivity contribution >= 4 is 35.6 Å². The summed E-state index contributed by atoms with van der Waals surface area (Å²) in [6.45, 7) is 1.12. The predicted molar refractivity (Wildman–Crippen MR) is 76.2 cm³/mol. The average molecular weight is 271 g/mol. The first kappa shape index (κ1) is 14.2. The third-order valence-corrected chi connectivity index (χ3v) is 3.07. The molecule has 17 heavy (non-hydrogen) atoms. The van der Waals surface area contributed by atoms with Crippen molar-refractivity contribution in [3.05, 3.63) is 42.2 Å². The van der Waals surface area contributed by atoms with Gasteiger partial charge in [-0.2, -0.15) is 0 Å². The summed E-state index contributed by atoms with van der Waals surface area (Å²) in [7, 11) is 0. The van der Waals surface area contributed by atoms with E-state index in [4.69, 9.17) is 0 Å². The van der Waals surface area contributed by atoms with E-state index in [1.165, 1.54) is 29.3 Å². The summed E-state index contributed by atoms with van der Waals surface area (Å²) in [6.07, 6.45) is 4.45. The minimum atomic E-state index is 0. The van der Waals surface area contributed by atoms with Crippen LogP contribution in [0.2, 0.25) is 0 Å². The Labute approximate surface area is 114 Å². The Bertz CT molecular complexity index is 482. The fourth-order valence-electron chi connectivity index (χ4n) is 2.23. The molecule has 1 aromatic carbocycles. The van der Waals surface area contributed by atoms with Gasteiger partial charge in [0.05, 0.1) is 5.69 Å². The maximum atomic E-state index is 4.53. The Morgan fingerprint density at radius 1 is 1.12 bits per heavy atom. The van der Waals surface area contributed by atoms with Gasteiger partial charge in [-0.3, -0.25) is 4.98 Å². The minimum absolute atomic E-state index is 0. The zero-order chi connectivity index (χ0) is 10.1. The molecule has 1 aliphatic heterocycles. The average Bonchev–Trinajstić information content (AvgIpc) is 2.82. The van der Waals surface area contributed by atoms with Crippen LogP contribution in [0.15, 0.2) is 36.5 Å². The predicted octanol–water partition coefficient (Wildman–Crippen LogP) is 3.50. The van der Waals surface area contributed by atoms with E-state index in [0.717, 1.165) is 6.54 Å². The van der Waals surface area contributed by atoms with Gasteiger partial charge in [0.25, 0.3) is 0 Å². The molecule has 1 atom stereocenters. The quantitative estimate of drug-likeness (QED) is 0.858. The molecule has 2 nitrogen and oxygen atoms in total. The Morgan fingerprint density at radius 3 is 2.59 bits per heavy atom. The van der Waals surface area contributed by atoms with Crippen LogP contribution in [0, 0.1) is 0 Å². The number of aromatic nitrogens is 1. The minimum Gasteiger partial charge on any atom is -0.309 e. The number of hydrogen-bond acceptors (Lipinski definition) is 2. The highest BCUT2D eigenvalue weighted by atomic mass is 35.5. The topological polar surface area (TPSA) is 24.9 Å². The van der Waals surface area contributed by atoms with Crippen molar-refractivity contribution in [2.75, 3.05) is 6.54 Å². The van der Waals surface area contributed by atoms with Gasteiger partial charge >= 0.3 is 0 Å². The van der Waals surface area contributed by atoms with E-state index in [-0.39, 0.29) is 24.8 Å². The molecule has 2 heterocycles. The molecule has 1 fully saturated rings. The number of pyridine rings is 1. The van der Waals surface area contributed by atoms with Crippen LogP contribution in [0.3, 0.4) is 0 Å². The van der Waals surface area contributed by atoms with Crippen LogP contribution in [-0.4, -0.2) is 11.5 Å². The Kier molecular flexibility index (Phi) is 5.19. The van der Waals surface area contributed by atoms with Crippen LogP contribution >= 0.6 is 24.8 Å². The van der Waals surface area contributed by atoms with Gasteiger partial charge in [0.2, 0.25) is 0 Å². The maximum Gasteiger partial charge on any atom is 0.0579 e. The zero-order valence-electron chi connectivity index (χ0n) is 9.43. The SMILES string of the molecule is Cl.Cl.c1ccc2cc([C@@H]3CCCN3)ncc2c1. The zero-order valence-corrected chi connectivity index (χ0v) is 11.1. The first-order valence-electron chi connectivity index (χ1n) is 5.51. The maximum absolute atomic E-state index is 4.53. The van der Waals surface area contributed by atoms with E-state index < -0.39 is 0 Å². The number of rotatable bonds is 1. The highest BCUT2D eigenvalue weighted by Crippen LogP contribution is 2.23. The molecule has 4 heteroatoms. The lowest BCUT2D eigenvalue weighted by Gasteiger charge is -2.09. The van der Waals surface area contributed by atoms with Crippen LogP contribution in [-0.2, 0) is 0 Å². The number of fused-ring (bicyclic) bond motifs is 1. The monoisotopic (exact) mass is 270 g/mol. The summed E-state index contributed by atoms with van der Waals surface area (Å²) >= 11 is 0. The number of nitrogens with zero attached hydrogens (tertiary/aromatic N) is 1. The van der Waals surface area contributed by atoms with Crippen LogP contribution in [0.4, 0.5) is 0 Å². The van der Waals surface area contributed by atoms with Crippen LogP contribution in [0.1, 0.15) is 24.6 Å². The van der Waals surface area contributed by atoms with Gasteiger partial charge in [-0.15, -0.1) is 24.8 Å². The van der Waals surface area contributed by atoms with Gasteiger partial charge in [-0.25, -0.2) is 0 Å². The van der Waals surface area contributed by atoms with Crippen LogP contribution < -0.4 is 5.32 Å². The lowest BCUT2D eigenvalue weighted by Crippen LogP contribution is -2.13. The van der Waals surface area contributed by atoms with E-state index in [1.54, 1.807) is 0 Å². The Balaban J connectivity index is 0.000000722. The van der Waals surface area contributed by atoms with Gasteiger partial charge in [-0.1, -0.05) is 24.3 Å². The van der Waals surface area contributed by atoms with Crippen molar-refractivity contribution in [2.24, 2.45) is 0 Å². The normalized spacial score (nSPS) is 18.5. The van der Waals surface area contributed by atoms with Gasteiger partial charge in [0.15, 0.2) is 0 Å². The summed E-state index contributed by atoms with van der Waals surface area (Å²) in [6, 6.07) is 11.1. The standard InChI is InChI=1S/C13H14N2.2ClH/c1-2-5-11-9-15-13(8-10(11)4-1)12-6-3-7-14-12;;/h1-2,4-5,8-9,12,14H,3,6-7H2;2*1H/t12-;;/m0../s1. The summed E-state index contributed by atoms with van der Waals surface area (Å²) in [4.78, 5) is 4.53. The van der Waals surface area contributed by atoms with Crippen molar-refractivity contribution < 1.29 is 0 Å². The molecule has 0 bridgehead atoms. The first-order valence-corrected chi connectivity index (χ1v) is 5.51. The van der Waals surface area contributed by atoms with Crippen molar-refractivity contribution in [3.63, 3.8) is 0 Å². The van der Waals surface area contributed by atoms with Crippen molar-refractivity contribution in [3.8, 4) is 0 Å². The summed E-state index contributed by atoms with van der Waals surface area (Å²) < 4.78 is 0. The molecule has 0 aliphatic carbocycles. The van der Waals surface area contributed by atoms with E-state index >= 15 is 0 Å². The molecule has 3 rings (SSSR count). The highest BCUT2D eigenvalue weighted by molar-refractivity contribution is 5.85. The lowest BCUT2D eigenvalue weighted by atomic mass is 10.1. The molecule has 0 radical (unpaired) electrons. The molecule has 0 spiro atoms. The second kappa shape index (κ2) is 6.20. The van der Waals surface area contributed by atoms with Gasteiger partial charge in [0, 0.05) is 17.6 Å². The number of hydrogen-bond donors (Lipinski definition) is 1. The fourth-order valence-corrected chi connectivity index (χ4v) is 2.23. The van der Waals surface area contributed by atoms with E-state index in [1.807, 2.05) is 6.20 Å². The highest BCUT2D eigenvalue weighted by Gasteiger charge is 2.17. The molecule has 1 saturated heterocycles. The van der Waals surface area contributed by atoms with E-state index in [0.29, 0.717) is 6.04 Å². The van der Waals surface area contributed by atoms with Gasteiger partial charge < -0.3 is 5.32 Å². The van der Waals surface area contributed by atoms with Crippen LogP contribution in [0.5, 0.6) is 0 Å². The lowest BCUT2D eigenvalue weighted by molar-refractivity contribution is 0.629. The smallest absolute Gasteiger partial charge is 0.0579 e. The molecule has 0 unspecified atom stereocenters. The fraction of sp³-hybridized carbons (Fsp3) is 0.308. The molecule has 0 saturated carbocycles. The molecular formula is C13H16Cl2N2. The molecule has 1 aliphatic rings. The molecule has 1 N–H and O–H groups in total. The largest absolute Gasteiger partial charge is 0.309 e. The molecule has 0 amide bonds. The van der Waals surface area contributed by atoms with E-state index in [9.17, 15) is 0 Å². The number of benzene rings is 1. The third kappa shape index (κ3) is 2.89.